The molecule has 1 unspecified atom stereocenters. The van der Waals surface area contributed by atoms with Crippen LogP contribution < -0.4 is 5.73 Å². The van der Waals surface area contributed by atoms with Crippen molar-refractivity contribution in [3.05, 3.63) is 11.1 Å². The van der Waals surface area contributed by atoms with Crippen LogP contribution in [0.2, 0.25) is 0 Å². The highest BCUT2D eigenvalue weighted by molar-refractivity contribution is 7.85. The minimum absolute atomic E-state index is 0.182. The molecular formula is C7H11ClF3NOS. The molecule has 0 bridgehead atoms. The Morgan fingerprint density at radius 2 is 2.07 bits per heavy atom. The van der Waals surface area contributed by atoms with E-state index in [9.17, 15) is 17.4 Å². The molecule has 0 fully saturated rings. The van der Waals surface area contributed by atoms with E-state index in [0.29, 0.717) is 18.7 Å². The van der Waals surface area contributed by atoms with Gasteiger partial charge < -0.3 is 5.73 Å². The van der Waals surface area contributed by atoms with E-state index in [1.54, 1.807) is 0 Å². The third-order valence-electron chi connectivity index (χ3n) is 1.30. The van der Waals surface area contributed by atoms with Gasteiger partial charge in [0.15, 0.2) is 0 Å². The highest BCUT2D eigenvalue weighted by Gasteiger charge is 2.31. The van der Waals surface area contributed by atoms with Crippen LogP contribution in [-0.4, -0.2) is 28.4 Å². The fourth-order valence-corrected chi connectivity index (χ4v) is 1.79. The second kappa shape index (κ2) is 6.42. The van der Waals surface area contributed by atoms with Crippen molar-refractivity contribution in [1.82, 2.24) is 0 Å². The molecule has 0 saturated carbocycles. The van der Waals surface area contributed by atoms with E-state index < -0.39 is 22.0 Å². The first-order valence-electron chi connectivity index (χ1n) is 3.86. The predicted molar refractivity (Wildman–Crippen MR) is 51.5 cm³/mol. The first-order chi connectivity index (χ1) is 6.38. The van der Waals surface area contributed by atoms with Crippen molar-refractivity contribution in [2.75, 3.05) is 18.1 Å². The maximum Gasteiger partial charge on any atom is 0.426 e. The van der Waals surface area contributed by atoms with E-state index in [-0.39, 0.29) is 5.75 Å². The Hall–Kier alpha value is -0.0700. The van der Waals surface area contributed by atoms with Crippen LogP contribution in [0.15, 0.2) is 11.1 Å². The van der Waals surface area contributed by atoms with Gasteiger partial charge >= 0.3 is 6.18 Å². The molecule has 2 N–H and O–H groups in total. The molecule has 0 aliphatic heterocycles. The summed E-state index contributed by atoms with van der Waals surface area (Å²) in [6.45, 7) is 0.377. The molecule has 0 aromatic carbocycles. The van der Waals surface area contributed by atoms with Crippen molar-refractivity contribution in [2.24, 2.45) is 5.73 Å². The first kappa shape index (κ1) is 13.9. The molecule has 0 amide bonds. The smallest absolute Gasteiger partial charge is 0.330 e. The molecule has 1 atom stereocenters. The molecule has 0 spiro atoms. The van der Waals surface area contributed by atoms with Crippen molar-refractivity contribution in [3.8, 4) is 0 Å². The van der Waals surface area contributed by atoms with Gasteiger partial charge in [0.25, 0.3) is 0 Å². The fourth-order valence-electron chi connectivity index (χ4n) is 0.609. The third-order valence-corrected chi connectivity index (χ3v) is 2.95. The van der Waals surface area contributed by atoms with E-state index in [1.165, 1.54) is 0 Å². The maximum absolute atomic E-state index is 11.8. The first-order valence-corrected chi connectivity index (χ1v) is 5.72. The highest BCUT2D eigenvalue weighted by Crippen LogP contribution is 2.28. The molecule has 0 aromatic rings. The van der Waals surface area contributed by atoms with Crippen LogP contribution in [0, 0.1) is 0 Å². The van der Waals surface area contributed by atoms with Crippen LogP contribution in [0.3, 0.4) is 0 Å². The molecule has 0 aliphatic carbocycles. The average Bonchev–Trinajstić information content (AvgIpc) is 2.09. The van der Waals surface area contributed by atoms with Crippen LogP contribution in [0.25, 0.3) is 0 Å². The number of allylic oxidation sites excluding steroid dienone is 1. The molecular weight excluding hydrogens is 239 g/mol. The summed E-state index contributed by atoms with van der Waals surface area (Å²) in [6, 6.07) is 0. The third kappa shape index (κ3) is 6.39. The van der Waals surface area contributed by atoms with Gasteiger partial charge in [-0.1, -0.05) is 11.6 Å². The SMILES string of the molecule is NCCCS(=O)C/C=C(\Cl)C(F)(F)F. The van der Waals surface area contributed by atoms with Gasteiger partial charge in [0.05, 0.1) is 0 Å². The Morgan fingerprint density at radius 1 is 1.50 bits per heavy atom. The monoisotopic (exact) mass is 249 g/mol. The van der Waals surface area contributed by atoms with E-state index in [2.05, 4.69) is 0 Å². The molecule has 0 saturated heterocycles. The molecule has 0 rings (SSSR count). The summed E-state index contributed by atoms with van der Waals surface area (Å²) in [5, 5.41) is -1.22. The Morgan fingerprint density at radius 3 is 2.50 bits per heavy atom. The Labute approximate surface area is 87.8 Å². The lowest BCUT2D eigenvalue weighted by atomic mass is 10.5. The Bertz CT molecular complexity index is 229. The molecule has 14 heavy (non-hydrogen) atoms. The number of halogens is 4. The molecule has 0 radical (unpaired) electrons. The maximum atomic E-state index is 11.8. The van der Waals surface area contributed by atoms with Crippen LogP contribution in [0.5, 0.6) is 0 Å². The van der Waals surface area contributed by atoms with Crippen molar-refractivity contribution in [3.63, 3.8) is 0 Å². The summed E-state index contributed by atoms with van der Waals surface area (Å²) in [4.78, 5) is 0. The molecule has 2 nitrogen and oxygen atoms in total. The molecule has 84 valence electrons. The van der Waals surface area contributed by atoms with Crippen LogP contribution in [0.4, 0.5) is 13.2 Å². The van der Waals surface area contributed by atoms with Gasteiger partial charge in [-0.05, 0) is 19.0 Å². The van der Waals surface area contributed by atoms with Crippen molar-refractivity contribution in [2.45, 2.75) is 12.6 Å². The molecule has 0 heterocycles. The predicted octanol–water partition coefficient (Wildman–Crippen LogP) is 1.77. The minimum Gasteiger partial charge on any atom is -0.330 e. The summed E-state index contributed by atoms with van der Waals surface area (Å²) in [7, 11) is -1.32. The van der Waals surface area contributed by atoms with Gasteiger partial charge in [-0.15, -0.1) is 0 Å². The summed E-state index contributed by atoms with van der Waals surface area (Å²) < 4.78 is 46.5. The van der Waals surface area contributed by atoms with E-state index in [1.807, 2.05) is 0 Å². The quantitative estimate of drug-likeness (QED) is 0.807. The zero-order valence-electron chi connectivity index (χ0n) is 7.31. The number of hydrogen-bond acceptors (Lipinski definition) is 2. The Balaban J connectivity index is 3.97. The largest absolute Gasteiger partial charge is 0.426 e. The minimum atomic E-state index is -4.54. The zero-order valence-corrected chi connectivity index (χ0v) is 8.88. The van der Waals surface area contributed by atoms with E-state index >= 15 is 0 Å². The average molecular weight is 250 g/mol. The zero-order chi connectivity index (χ0) is 11.2. The van der Waals surface area contributed by atoms with Gasteiger partial charge in [-0.2, -0.15) is 13.2 Å². The van der Waals surface area contributed by atoms with Gasteiger partial charge in [-0.25, -0.2) is 0 Å². The number of nitrogens with two attached hydrogens (primary N) is 1. The van der Waals surface area contributed by atoms with E-state index in [4.69, 9.17) is 17.3 Å². The lowest BCUT2D eigenvalue weighted by Gasteiger charge is -2.03. The second-order valence-electron chi connectivity index (χ2n) is 2.50. The lowest BCUT2D eigenvalue weighted by molar-refractivity contribution is -0.0846. The number of rotatable bonds is 5. The Kier molecular flexibility index (Phi) is 6.39. The van der Waals surface area contributed by atoms with Crippen LogP contribution in [0.1, 0.15) is 6.42 Å². The fraction of sp³-hybridized carbons (Fsp3) is 0.714. The van der Waals surface area contributed by atoms with Gasteiger partial charge in [0, 0.05) is 22.3 Å². The van der Waals surface area contributed by atoms with E-state index in [0.717, 1.165) is 6.08 Å². The normalized spacial score (nSPS) is 15.6. The summed E-state index contributed by atoms with van der Waals surface area (Å²) in [5.74, 6) is 0.118. The van der Waals surface area contributed by atoms with Gasteiger partial charge in [0.2, 0.25) is 0 Å². The lowest BCUT2D eigenvalue weighted by Crippen LogP contribution is -2.10. The van der Waals surface area contributed by atoms with Gasteiger partial charge in [0.1, 0.15) is 5.03 Å². The summed E-state index contributed by atoms with van der Waals surface area (Å²) in [6.07, 6.45) is -3.28. The topological polar surface area (TPSA) is 43.1 Å². The van der Waals surface area contributed by atoms with Gasteiger partial charge in [-0.3, -0.25) is 4.21 Å². The summed E-state index contributed by atoms with van der Waals surface area (Å²) >= 11 is 4.91. The van der Waals surface area contributed by atoms with Crippen molar-refractivity contribution in [1.29, 1.82) is 0 Å². The second-order valence-corrected chi connectivity index (χ2v) is 4.53. The summed E-state index contributed by atoms with van der Waals surface area (Å²) in [5.41, 5.74) is 5.15. The van der Waals surface area contributed by atoms with Crippen molar-refractivity contribution < 1.29 is 17.4 Å². The van der Waals surface area contributed by atoms with Crippen LogP contribution >= 0.6 is 11.6 Å². The van der Waals surface area contributed by atoms with Crippen LogP contribution in [-0.2, 0) is 10.8 Å². The molecule has 0 aromatic heterocycles. The molecule has 7 heteroatoms. The molecule has 0 aliphatic rings. The van der Waals surface area contributed by atoms with Crippen molar-refractivity contribution >= 4 is 22.4 Å². The number of hydrogen-bond donors (Lipinski definition) is 1. The standard InChI is InChI=1S/C7H11ClF3NOS/c8-6(7(9,10)11)2-5-14(13)4-1-3-12/h2H,1,3-5,12H2/b6-2-. The number of alkyl halides is 3. The highest BCUT2D eigenvalue weighted by atomic mass is 35.5.